The lowest BCUT2D eigenvalue weighted by Crippen LogP contribution is -2.37. The van der Waals surface area contributed by atoms with E-state index in [0.29, 0.717) is 6.54 Å². The van der Waals surface area contributed by atoms with Crippen molar-refractivity contribution >= 4 is 29.1 Å². The van der Waals surface area contributed by atoms with E-state index in [2.05, 4.69) is 10.6 Å². The third-order valence-electron chi connectivity index (χ3n) is 3.32. The predicted molar refractivity (Wildman–Crippen MR) is 87.9 cm³/mol. The Morgan fingerprint density at radius 3 is 2.48 bits per heavy atom. The Labute approximate surface area is 138 Å². The first kappa shape index (κ1) is 17.0. The van der Waals surface area contributed by atoms with E-state index >= 15 is 0 Å². The van der Waals surface area contributed by atoms with Crippen LogP contribution >= 0.6 is 11.6 Å². The molecule has 0 aromatic heterocycles. The fraction of sp³-hybridized carbons (Fsp3) is 0.176. The third kappa shape index (κ3) is 4.79. The maximum Gasteiger partial charge on any atom is 0.313 e. The van der Waals surface area contributed by atoms with Crippen molar-refractivity contribution in [2.75, 3.05) is 11.9 Å². The Hall–Kier alpha value is -2.40. The van der Waals surface area contributed by atoms with Crippen molar-refractivity contribution in [3.05, 3.63) is 64.9 Å². The van der Waals surface area contributed by atoms with Gasteiger partial charge < -0.3 is 10.6 Å². The molecule has 2 N–H and O–H groups in total. The normalized spacial score (nSPS) is 11.6. The molecular weight excluding hydrogens is 319 g/mol. The summed E-state index contributed by atoms with van der Waals surface area (Å²) in [6.07, 6.45) is 0. The number of halogens is 2. The van der Waals surface area contributed by atoms with Crippen LogP contribution in [0.5, 0.6) is 0 Å². The van der Waals surface area contributed by atoms with Gasteiger partial charge in [0.15, 0.2) is 0 Å². The van der Waals surface area contributed by atoms with Gasteiger partial charge in [0.2, 0.25) is 0 Å². The fourth-order valence-electron chi connectivity index (χ4n) is 2.00. The first-order valence-electron chi connectivity index (χ1n) is 7.06. The Morgan fingerprint density at radius 1 is 1.13 bits per heavy atom. The van der Waals surface area contributed by atoms with E-state index in [0.717, 1.165) is 11.6 Å². The molecule has 0 bridgehead atoms. The summed E-state index contributed by atoms with van der Waals surface area (Å²) in [5, 5.41) is 4.96. The number of hydrogen-bond donors (Lipinski definition) is 2. The van der Waals surface area contributed by atoms with Crippen molar-refractivity contribution in [3.63, 3.8) is 0 Å². The molecule has 0 spiro atoms. The molecule has 1 atom stereocenters. The molecule has 0 saturated carbocycles. The van der Waals surface area contributed by atoms with Gasteiger partial charge in [-0.3, -0.25) is 9.59 Å². The lowest BCUT2D eigenvalue weighted by atomic mass is 10.0. The summed E-state index contributed by atoms with van der Waals surface area (Å²) in [7, 11) is 0. The molecule has 2 aromatic rings. The van der Waals surface area contributed by atoms with E-state index in [9.17, 15) is 14.0 Å². The molecule has 4 nitrogen and oxygen atoms in total. The molecule has 0 radical (unpaired) electrons. The zero-order chi connectivity index (χ0) is 16.8. The molecule has 2 rings (SSSR count). The molecule has 0 aliphatic rings. The van der Waals surface area contributed by atoms with Crippen molar-refractivity contribution in [1.82, 2.24) is 5.32 Å². The molecule has 2 aromatic carbocycles. The van der Waals surface area contributed by atoms with Crippen molar-refractivity contribution < 1.29 is 14.0 Å². The summed E-state index contributed by atoms with van der Waals surface area (Å²) >= 11 is 5.63. The molecule has 0 saturated heterocycles. The van der Waals surface area contributed by atoms with Gasteiger partial charge >= 0.3 is 11.8 Å². The SMILES string of the molecule is C[C@H](CNC(=O)C(=O)Nc1ccc(Cl)cc1F)c1ccccc1. The summed E-state index contributed by atoms with van der Waals surface area (Å²) in [5.41, 5.74) is 0.961. The molecule has 120 valence electrons. The lowest BCUT2D eigenvalue weighted by Gasteiger charge is -2.13. The lowest BCUT2D eigenvalue weighted by molar-refractivity contribution is -0.136. The van der Waals surface area contributed by atoms with E-state index < -0.39 is 17.6 Å². The van der Waals surface area contributed by atoms with Crippen LogP contribution in [0, 0.1) is 5.82 Å². The van der Waals surface area contributed by atoms with Crippen molar-refractivity contribution in [2.45, 2.75) is 12.8 Å². The minimum absolute atomic E-state index is 0.0558. The number of benzene rings is 2. The van der Waals surface area contributed by atoms with Gasteiger partial charge in [0.05, 0.1) is 5.69 Å². The molecule has 2 amide bonds. The molecule has 0 aliphatic heterocycles. The maximum atomic E-state index is 13.6. The second kappa shape index (κ2) is 7.74. The van der Waals surface area contributed by atoms with E-state index in [1.165, 1.54) is 12.1 Å². The van der Waals surface area contributed by atoms with Gasteiger partial charge in [0, 0.05) is 11.6 Å². The maximum absolute atomic E-state index is 13.6. The second-order valence-corrected chi connectivity index (χ2v) is 5.54. The average molecular weight is 335 g/mol. The van der Waals surface area contributed by atoms with Crippen LogP contribution < -0.4 is 10.6 Å². The quantitative estimate of drug-likeness (QED) is 0.842. The number of carbonyl (C=O) groups is 2. The highest BCUT2D eigenvalue weighted by molar-refractivity contribution is 6.39. The summed E-state index contributed by atoms with van der Waals surface area (Å²) in [4.78, 5) is 23.6. The van der Waals surface area contributed by atoms with Crippen LogP contribution in [0.3, 0.4) is 0 Å². The van der Waals surface area contributed by atoms with Crippen LogP contribution in [0.25, 0.3) is 0 Å². The van der Waals surface area contributed by atoms with E-state index in [1.807, 2.05) is 37.3 Å². The first-order valence-corrected chi connectivity index (χ1v) is 7.44. The monoisotopic (exact) mass is 334 g/mol. The summed E-state index contributed by atoms with van der Waals surface area (Å²) < 4.78 is 13.6. The Bertz CT molecular complexity index is 707. The standard InChI is InChI=1S/C17H16ClFN2O2/c1-11(12-5-3-2-4-6-12)10-20-16(22)17(23)21-15-8-7-13(18)9-14(15)19/h2-9,11H,10H2,1H3,(H,20,22)(H,21,23)/t11-/m1/s1. The van der Waals surface area contributed by atoms with Crippen LogP contribution in [0.2, 0.25) is 5.02 Å². The number of carbonyl (C=O) groups excluding carboxylic acids is 2. The number of anilines is 1. The minimum atomic E-state index is -0.925. The van der Waals surface area contributed by atoms with Crippen LogP contribution in [0.4, 0.5) is 10.1 Å². The number of hydrogen-bond acceptors (Lipinski definition) is 2. The Kier molecular flexibility index (Phi) is 5.71. The highest BCUT2D eigenvalue weighted by atomic mass is 35.5. The highest BCUT2D eigenvalue weighted by Crippen LogP contribution is 2.18. The number of amides is 2. The zero-order valence-electron chi connectivity index (χ0n) is 12.5. The predicted octanol–water partition coefficient (Wildman–Crippen LogP) is 3.34. The fourth-order valence-corrected chi connectivity index (χ4v) is 2.15. The van der Waals surface area contributed by atoms with E-state index in [4.69, 9.17) is 11.6 Å². The molecule has 23 heavy (non-hydrogen) atoms. The smallest absolute Gasteiger partial charge is 0.313 e. The highest BCUT2D eigenvalue weighted by Gasteiger charge is 2.16. The average Bonchev–Trinajstić information content (AvgIpc) is 2.55. The molecule has 0 fully saturated rings. The largest absolute Gasteiger partial charge is 0.347 e. The zero-order valence-corrected chi connectivity index (χ0v) is 13.2. The summed E-state index contributed by atoms with van der Waals surface area (Å²) in [6, 6.07) is 13.4. The number of rotatable bonds is 4. The van der Waals surface area contributed by atoms with Gasteiger partial charge in [-0.05, 0) is 29.7 Å². The molecule has 6 heteroatoms. The van der Waals surface area contributed by atoms with Gasteiger partial charge in [0.25, 0.3) is 0 Å². The third-order valence-corrected chi connectivity index (χ3v) is 3.56. The number of nitrogens with one attached hydrogen (secondary N) is 2. The van der Waals surface area contributed by atoms with Crippen LogP contribution in [0.1, 0.15) is 18.4 Å². The van der Waals surface area contributed by atoms with Crippen LogP contribution in [-0.2, 0) is 9.59 Å². The van der Waals surface area contributed by atoms with E-state index in [-0.39, 0.29) is 16.6 Å². The van der Waals surface area contributed by atoms with Gasteiger partial charge in [-0.2, -0.15) is 0 Å². The van der Waals surface area contributed by atoms with Gasteiger partial charge in [-0.15, -0.1) is 0 Å². The summed E-state index contributed by atoms with van der Waals surface area (Å²) in [6.45, 7) is 2.24. The van der Waals surface area contributed by atoms with Crippen molar-refractivity contribution in [3.8, 4) is 0 Å². The summed E-state index contributed by atoms with van der Waals surface area (Å²) in [5.74, 6) is -2.38. The topological polar surface area (TPSA) is 58.2 Å². The Balaban J connectivity index is 1.89. The first-order chi connectivity index (χ1) is 11.0. The van der Waals surface area contributed by atoms with Crippen molar-refractivity contribution in [1.29, 1.82) is 0 Å². The molecular formula is C17H16ClFN2O2. The van der Waals surface area contributed by atoms with Gasteiger partial charge in [0.1, 0.15) is 5.82 Å². The Morgan fingerprint density at radius 2 is 1.83 bits per heavy atom. The molecule has 0 heterocycles. The minimum Gasteiger partial charge on any atom is -0.347 e. The molecule has 0 unspecified atom stereocenters. The van der Waals surface area contributed by atoms with Crippen LogP contribution in [0.15, 0.2) is 48.5 Å². The van der Waals surface area contributed by atoms with Gasteiger partial charge in [-0.25, -0.2) is 4.39 Å². The van der Waals surface area contributed by atoms with Gasteiger partial charge in [-0.1, -0.05) is 48.9 Å². The van der Waals surface area contributed by atoms with Crippen LogP contribution in [-0.4, -0.2) is 18.4 Å². The van der Waals surface area contributed by atoms with Crippen molar-refractivity contribution in [2.24, 2.45) is 0 Å². The second-order valence-electron chi connectivity index (χ2n) is 5.10. The van der Waals surface area contributed by atoms with E-state index in [1.54, 1.807) is 0 Å². The molecule has 0 aliphatic carbocycles.